The van der Waals surface area contributed by atoms with Crippen LogP contribution in [0.3, 0.4) is 0 Å². The van der Waals surface area contributed by atoms with Crippen molar-refractivity contribution in [2.24, 2.45) is 4.40 Å². The lowest BCUT2D eigenvalue weighted by Crippen LogP contribution is -2.35. The van der Waals surface area contributed by atoms with E-state index in [0.717, 1.165) is 0 Å². The van der Waals surface area contributed by atoms with Crippen molar-refractivity contribution in [3.8, 4) is 0 Å². The monoisotopic (exact) mass is 316 g/mol. The molecule has 0 saturated heterocycles. The van der Waals surface area contributed by atoms with Gasteiger partial charge in [0.15, 0.2) is 5.84 Å². The van der Waals surface area contributed by atoms with Gasteiger partial charge in [-0.05, 0) is 24.3 Å². The number of fused-ring (bicyclic) bond motifs is 1. The maximum atomic E-state index is 12.1. The Labute approximate surface area is 127 Å². The minimum atomic E-state index is -3.79. The lowest BCUT2D eigenvalue weighted by molar-refractivity contribution is -0.135. The Morgan fingerprint density at radius 1 is 1.05 bits per heavy atom. The summed E-state index contributed by atoms with van der Waals surface area (Å²) in [5, 5.41) is 9.14. The summed E-state index contributed by atoms with van der Waals surface area (Å²) in [5.74, 6) is -0.947. The van der Waals surface area contributed by atoms with E-state index in [-0.39, 0.29) is 17.3 Å². The molecule has 0 saturated carbocycles. The van der Waals surface area contributed by atoms with Gasteiger partial charge < -0.3 is 10.0 Å². The van der Waals surface area contributed by atoms with Gasteiger partial charge in [-0.1, -0.05) is 30.3 Å². The van der Waals surface area contributed by atoms with E-state index in [4.69, 9.17) is 5.11 Å². The smallest absolute Gasteiger partial charge is 0.323 e. The summed E-state index contributed by atoms with van der Waals surface area (Å²) < 4.78 is 28.0. The lowest BCUT2D eigenvalue weighted by atomic mass is 10.1. The van der Waals surface area contributed by atoms with Gasteiger partial charge in [0.25, 0.3) is 10.0 Å². The number of carboxylic acids is 1. The third-order valence-corrected chi connectivity index (χ3v) is 4.55. The van der Waals surface area contributed by atoms with Gasteiger partial charge in [-0.15, -0.1) is 4.40 Å². The van der Waals surface area contributed by atoms with E-state index in [0.29, 0.717) is 11.3 Å². The number of aliphatic carboxylic acids is 1. The first-order valence-electron chi connectivity index (χ1n) is 6.48. The average Bonchev–Trinajstić information content (AvgIpc) is 2.78. The van der Waals surface area contributed by atoms with E-state index < -0.39 is 16.0 Å². The van der Waals surface area contributed by atoms with Gasteiger partial charge in [0.2, 0.25) is 0 Å². The van der Waals surface area contributed by atoms with Crippen molar-refractivity contribution in [1.29, 1.82) is 0 Å². The minimum Gasteiger partial charge on any atom is -0.480 e. The van der Waals surface area contributed by atoms with Crippen molar-refractivity contribution >= 4 is 27.5 Å². The van der Waals surface area contributed by atoms with E-state index in [9.17, 15) is 13.2 Å². The summed E-state index contributed by atoms with van der Waals surface area (Å²) in [5.41, 5.74) is 0.975. The highest BCUT2D eigenvalue weighted by Gasteiger charge is 2.32. The molecule has 0 bridgehead atoms. The molecule has 1 N–H and O–H groups in total. The summed E-state index contributed by atoms with van der Waals surface area (Å²) in [4.78, 5) is 12.6. The predicted molar refractivity (Wildman–Crippen MR) is 81.6 cm³/mol. The molecule has 22 heavy (non-hydrogen) atoms. The second kappa shape index (κ2) is 5.27. The summed E-state index contributed by atoms with van der Waals surface area (Å²) in [6, 6.07) is 15.1. The van der Waals surface area contributed by atoms with Crippen molar-refractivity contribution in [2.45, 2.75) is 4.90 Å². The molecule has 1 aliphatic heterocycles. The van der Waals surface area contributed by atoms with Crippen molar-refractivity contribution in [3.63, 3.8) is 0 Å². The van der Waals surface area contributed by atoms with Crippen LogP contribution < -0.4 is 4.90 Å². The molecular formula is C15H12N2O4S. The summed E-state index contributed by atoms with van der Waals surface area (Å²) in [6.07, 6.45) is 0. The standard InChI is InChI=1S/C15H12N2O4S/c18-14(19)10-17(11-6-2-1-3-7-11)15-12-8-4-5-9-13(12)22(20,21)16-15/h1-9H,10H2,(H,18,19). The van der Waals surface area contributed by atoms with Gasteiger partial charge in [0, 0.05) is 11.3 Å². The highest BCUT2D eigenvalue weighted by atomic mass is 32.2. The van der Waals surface area contributed by atoms with E-state index in [1.165, 1.54) is 11.0 Å². The maximum absolute atomic E-state index is 12.1. The van der Waals surface area contributed by atoms with Gasteiger partial charge in [-0.2, -0.15) is 8.42 Å². The fourth-order valence-electron chi connectivity index (χ4n) is 2.31. The zero-order valence-corrected chi connectivity index (χ0v) is 12.2. The van der Waals surface area contributed by atoms with E-state index in [2.05, 4.69) is 4.40 Å². The quantitative estimate of drug-likeness (QED) is 0.931. The van der Waals surface area contributed by atoms with E-state index in [1.807, 2.05) is 0 Å². The number of carboxylic acid groups (broad SMARTS) is 1. The van der Waals surface area contributed by atoms with Crippen LogP contribution in [0.2, 0.25) is 0 Å². The van der Waals surface area contributed by atoms with Gasteiger partial charge in [-0.25, -0.2) is 0 Å². The fraction of sp³-hybridized carbons (Fsp3) is 0.0667. The van der Waals surface area contributed by atoms with Gasteiger partial charge >= 0.3 is 5.97 Å². The normalized spacial score (nSPS) is 15.0. The summed E-state index contributed by atoms with van der Waals surface area (Å²) >= 11 is 0. The number of amidine groups is 1. The van der Waals surface area contributed by atoms with Crippen molar-refractivity contribution in [3.05, 3.63) is 60.2 Å². The summed E-state index contributed by atoms with van der Waals surface area (Å²) in [7, 11) is -3.79. The number of anilines is 1. The molecule has 0 amide bonds. The van der Waals surface area contributed by atoms with Crippen molar-refractivity contribution < 1.29 is 18.3 Å². The molecule has 0 fully saturated rings. The van der Waals surface area contributed by atoms with Crippen LogP contribution in [0.15, 0.2) is 63.9 Å². The Morgan fingerprint density at radius 2 is 1.68 bits per heavy atom. The molecule has 2 aromatic rings. The highest BCUT2D eigenvalue weighted by molar-refractivity contribution is 7.90. The Balaban J connectivity index is 2.16. The zero-order valence-electron chi connectivity index (χ0n) is 11.4. The Bertz CT molecular complexity index is 860. The topological polar surface area (TPSA) is 87.0 Å². The van der Waals surface area contributed by atoms with Crippen LogP contribution >= 0.6 is 0 Å². The maximum Gasteiger partial charge on any atom is 0.323 e. The molecule has 112 valence electrons. The number of para-hydroxylation sites is 1. The van der Waals surface area contributed by atoms with Crippen molar-refractivity contribution in [2.75, 3.05) is 11.4 Å². The van der Waals surface area contributed by atoms with Crippen LogP contribution in [0.25, 0.3) is 0 Å². The Hall–Kier alpha value is -2.67. The molecule has 2 aromatic carbocycles. The van der Waals surface area contributed by atoms with Crippen LogP contribution in [0.1, 0.15) is 5.56 Å². The molecule has 3 rings (SSSR count). The molecular weight excluding hydrogens is 304 g/mol. The molecule has 0 spiro atoms. The number of carbonyl (C=O) groups is 1. The number of nitrogens with zero attached hydrogens (tertiary/aromatic N) is 2. The molecule has 0 radical (unpaired) electrons. The van der Waals surface area contributed by atoms with Crippen LogP contribution in [0, 0.1) is 0 Å². The van der Waals surface area contributed by atoms with Crippen LogP contribution in [-0.4, -0.2) is 31.9 Å². The average molecular weight is 316 g/mol. The molecule has 0 aromatic heterocycles. The number of benzene rings is 2. The molecule has 0 aliphatic carbocycles. The SMILES string of the molecule is O=C(O)CN(C1=NS(=O)(=O)c2ccccc21)c1ccccc1. The first kappa shape index (κ1) is 14.3. The molecule has 1 aliphatic rings. The van der Waals surface area contributed by atoms with Crippen molar-refractivity contribution in [1.82, 2.24) is 0 Å². The van der Waals surface area contributed by atoms with Crippen LogP contribution in [0.4, 0.5) is 5.69 Å². The third kappa shape index (κ3) is 2.46. The molecule has 1 heterocycles. The zero-order chi connectivity index (χ0) is 15.7. The molecule has 0 atom stereocenters. The molecule has 0 unspecified atom stereocenters. The summed E-state index contributed by atoms with van der Waals surface area (Å²) in [6.45, 7) is -0.382. The third-order valence-electron chi connectivity index (χ3n) is 3.23. The van der Waals surface area contributed by atoms with E-state index >= 15 is 0 Å². The number of sulfonamides is 1. The number of hydrogen-bond donors (Lipinski definition) is 1. The molecule has 6 nitrogen and oxygen atoms in total. The van der Waals surface area contributed by atoms with Crippen LogP contribution in [0.5, 0.6) is 0 Å². The molecule has 7 heteroatoms. The van der Waals surface area contributed by atoms with Gasteiger partial charge in [0.05, 0.1) is 0 Å². The number of rotatable bonds is 3. The largest absolute Gasteiger partial charge is 0.480 e. The van der Waals surface area contributed by atoms with Gasteiger partial charge in [-0.3, -0.25) is 4.79 Å². The first-order chi connectivity index (χ1) is 10.5. The first-order valence-corrected chi connectivity index (χ1v) is 7.92. The Kier molecular flexibility index (Phi) is 3.42. The lowest BCUT2D eigenvalue weighted by Gasteiger charge is -2.22. The fourth-order valence-corrected chi connectivity index (χ4v) is 3.53. The second-order valence-corrected chi connectivity index (χ2v) is 6.27. The number of hydrogen-bond acceptors (Lipinski definition) is 4. The van der Waals surface area contributed by atoms with Gasteiger partial charge in [0.1, 0.15) is 11.4 Å². The van der Waals surface area contributed by atoms with Crippen LogP contribution in [-0.2, 0) is 14.8 Å². The second-order valence-electron chi connectivity index (χ2n) is 4.70. The predicted octanol–water partition coefficient (Wildman–Crippen LogP) is 1.73. The Morgan fingerprint density at radius 3 is 2.36 bits per heavy atom. The van der Waals surface area contributed by atoms with E-state index in [1.54, 1.807) is 48.5 Å². The minimum absolute atomic E-state index is 0.0938. The highest BCUT2D eigenvalue weighted by Crippen LogP contribution is 2.29.